The first-order chi connectivity index (χ1) is 10.4. The Balaban J connectivity index is 1.93. The Bertz CT molecular complexity index is 511. The normalized spacial score (nSPS) is 19.0. The second kappa shape index (κ2) is 6.94. The Labute approximate surface area is 131 Å². The van der Waals surface area contributed by atoms with Gasteiger partial charge in [-0.2, -0.15) is 5.10 Å². The second-order valence-corrected chi connectivity index (χ2v) is 6.80. The van der Waals surface area contributed by atoms with Gasteiger partial charge in [0.25, 0.3) is 0 Å². The summed E-state index contributed by atoms with van der Waals surface area (Å²) in [6.07, 6.45) is 6.43. The van der Waals surface area contributed by atoms with E-state index in [0.717, 1.165) is 31.5 Å². The molecule has 1 amide bonds. The standard InChI is InChI=1S/C16H25N3O3/c1-16(2,8-15(21)22-3)7-14(20)19-6-4-5-12(11-19)13-9-17-18-10-13/h9-10,12H,4-8,11H2,1-3H3,(H,17,18)/t12-/m0/s1. The largest absolute Gasteiger partial charge is 0.469 e. The molecule has 1 saturated heterocycles. The number of carbonyl (C=O) groups is 2. The van der Waals surface area contributed by atoms with E-state index in [1.54, 1.807) is 0 Å². The molecule has 1 aliphatic rings. The van der Waals surface area contributed by atoms with Gasteiger partial charge in [0, 0.05) is 31.6 Å². The molecule has 6 nitrogen and oxygen atoms in total. The molecule has 0 unspecified atom stereocenters. The summed E-state index contributed by atoms with van der Waals surface area (Å²) in [5, 5.41) is 6.82. The Hall–Kier alpha value is -1.85. The third-order valence-electron chi connectivity index (χ3n) is 4.25. The number of esters is 1. The molecule has 1 fully saturated rings. The molecule has 0 radical (unpaired) electrons. The molecule has 1 aromatic rings. The first-order valence-corrected chi connectivity index (χ1v) is 7.74. The van der Waals surface area contributed by atoms with E-state index in [4.69, 9.17) is 4.74 Å². The zero-order chi connectivity index (χ0) is 16.2. The lowest BCUT2D eigenvalue weighted by atomic mass is 9.84. The maximum absolute atomic E-state index is 12.5. The lowest BCUT2D eigenvalue weighted by Crippen LogP contribution is -2.41. The number of piperidine rings is 1. The Morgan fingerprint density at radius 3 is 2.86 bits per heavy atom. The number of hydrogen-bond acceptors (Lipinski definition) is 4. The van der Waals surface area contributed by atoms with Gasteiger partial charge < -0.3 is 9.64 Å². The van der Waals surface area contributed by atoms with Gasteiger partial charge in [0.1, 0.15) is 0 Å². The predicted octanol–water partition coefficient (Wildman–Crippen LogP) is 2.10. The molecule has 1 atom stereocenters. The quantitative estimate of drug-likeness (QED) is 0.845. The number of hydrogen-bond donors (Lipinski definition) is 1. The summed E-state index contributed by atoms with van der Waals surface area (Å²) in [4.78, 5) is 25.9. The molecule has 0 aliphatic carbocycles. The molecule has 2 rings (SSSR count). The van der Waals surface area contributed by atoms with E-state index < -0.39 is 0 Å². The summed E-state index contributed by atoms with van der Waals surface area (Å²) in [7, 11) is 1.38. The van der Waals surface area contributed by atoms with Gasteiger partial charge in [-0.25, -0.2) is 0 Å². The molecule has 1 aliphatic heterocycles. The molecule has 2 heterocycles. The fourth-order valence-electron chi connectivity index (χ4n) is 3.01. The smallest absolute Gasteiger partial charge is 0.306 e. The maximum atomic E-state index is 12.5. The van der Waals surface area contributed by atoms with E-state index in [1.807, 2.05) is 31.1 Å². The van der Waals surface area contributed by atoms with Gasteiger partial charge >= 0.3 is 5.97 Å². The maximum Gasteiger partial charge on any atom is 0.306 e. The number of carbonyl (C=O) groups excluding carboxylic acids is 2. The number of nitrogens with zero attached hydrogens (tertiary/aromatic N) is 2. The van der Waals surface area contributed by atoms with Crippen LogP contribution in [0.15, 0.2) is 12.4 Å². The summed E-state index contributed by atoms with van der Waals surface area (Å²) in [6.45, 7) is 5.38. The van der Waals surface area contributed by atoms with Gasteiger partial charge in [0.15, 0.2) is 0 Å². The van der Waals surface area contributed by atoms with E-state index in [0.29, 0.717) is 12.3 Å². The third-order valence-corrected chi connectivity index (χ3v) is 4.25. The molecule has 0 saturated carbocycles. The number of aromatic amines is 1. The van der Waals surface area contributed by atoms with Gasteiger partial charge in [-0.05, 0) is 23.8 Å². The van der Waals surface area contributed by atoms with Crippen molar-refractivity contribution in [3.8, 4) is 0 Å². The number of likely N-dealkylation sites (tertiary alicyclic amines) is 1. The lowest BCUT2D eigenvalue weighted by molar-refractivity contribution is -0.144. The first kappa shape index (κ1) is 16.5. The van der Waals surface area contributed by atoms with Crippen LogP contribution in [0.1, 0.15) is 51.0 Å². The fraction of sp³-hybridized carbons (Fsp3) is 0.688. The Morgan fingerprint density at radius 1 is 1.45 bits per heavy atom. The average Bonchev–Trinajstić information content (AvgIpc) is 3.00. The molecule has 0 spiro atoms. The molecule has 1 aromatic heterocycles. The Kier molecular flexibility index (Phi) is 5.21. The number of amides is 1. The average molecular weight is 307 g/mol. The first-order valence-electron chi connectivity index (χ1n) is 7.74. The molecule has 22 heavy (non-hydrogen) atoms. The Morgan fingerprint density at radius 2 is 2.23 bits per heavy atom. The summed E-state index contributed by atoms with van der Waals surface area (Å²) in [5.41, 5.74) is 0.776. The van der Waals surface area contributed by atoms with Gasteiger partial charge in [-0.3, -0.25) is 14.7 Å². The molecular formula is C16H25N3O3. The highest BCUT2D eigenvalue weighted by Crippen LogP contribution is 2.30. The van der Waals surface area contributed by atoms with Crippen LogP contribution < -0.4 is 0 Å². The van der Waals surface area contributed by atoms with Crippen molar-refractivity contribution >= 4 is 11.9 Å². The third kappa shape index (κ3) is 4.32. The molecule has 1 N–H and O–H groups in total. The van der Waals surface area contributed by atoms with E-state index in [1.165, 1.54) is 7.11 Å². The van der Waals surface area contributed by atoms with Crippen molar-refractivity contribution in [1.29, 1.82) is 0 Å². The fourth-order valence-corrected chi connectivity index (χ4v) is 3.01. The second-order valence-electron chi connectivity index (χ2n) is 6.80. The van der Waals surface area contributed by atoms with Crippen molar-refractivity contribution in [3.05, 3.63) is 18.0 Å². The van der Waals surface area contributed by atoms with Crippen molar-refractivity contribution in [3.63, 3.8) is 0 Å². The minimum atomic E-state index is -0.382. The molecule has 6 heteroatoms. The van der Waals surface area contributed by atoms with Gasteiger partial charge in [-0.1, -0.05) is 13.8 Å². The highest BCUT2D eigenvalue weighted by molar-refractivity contribution is 5.78. The van der Waals surface area contributed by atoms with Gasteiger partial charge in [0.2, 0.25) is 5.91 Å². The van der Waals surface area contributed by atoms with Crippen LogP contribution in [-0.4, -0.2) is 47.2 Å². The van der Waals surface area contributed by atoms with Gasteiger partial charge in [0.05, 0.1) is 19.7 Å². The van der Waals surface area contributed by atoms with Crippen LogP contribution in [0.4, 0.5) is 0 Å². The SMILES string of the molecule is COC(=O)CC(C)(C)CC(=O)N1CCC[C@H](c2cn[nH]c2)C1. The number of aromatic nitrogens is 2. The van der Waals surface area contributed by atoms with Crippen LogP contribution in [0, 0.1) is 5.41 Å². The molecule has 0 aromatic carbocycles. The highest BCUT2D eigenvalue weighted by atomic mass is 16.5. The monoisotopic (exact) mass is 307 g/mol. The van der Waals surface area contributed by atoms with E-state index in [-0.39, 0.29) is 23.7 Å². The van der Waals surface area contributed by atoms with Crippen LogP contribution in [0.5, 0.6) is 0 Å². The minimum absolute atomic E-state index is 0.113. The van der Waals surface area contributed by atoms with E-state index in [2.05, 4.69) is 10.2 Å². The van der Waals surface area contributed by atoms with E-state index >= 15 is 0 Å². The van der Waals surface area contributed by atoms with Gasteiger partial charge in [-0.15, -0.1) is 0 Å². The van der Waals surface area contributed by atoms with Crippen molar-refractivity contribution in [2.45, 2.75) is 45.4 Å². The zero-order valence-electron chi connectivity index (χ0n) is 13.6. The topological polar surface area (TPSA) is 75.3 Å². The zero-order valence-corrected chi connectivity index (χ0v) is 13.6. The van der Waals surface area contributed by atoms with Crippen molar-refractivity contribution in [1.82, 2.24) is 15.1 Å². The van der Waals surface area contributed by atoms with Crippen molar-refractivity contribution in [2.24, 2.45) is 5.41 Å². The number of rotatable bonds is 5. The predicted molar refractivity (Wildman–Crippen MR) is 82.2 cm³/mol. The van der Waals surface area contributed by atoms with Crippen LogP contribution in [0.25, 0.3) is 0 Å². The number of H-pyrrole nitrogens is 1. The summed E-state index contributed by atoms with van der Waals surface area (Å²) in [6, 6.07) is 0. The molecular weight excluding hydrogens is 282 g/mol. The van der Waals surface area contributed by atoms with Crippen LogP contribution in [-0.2, 0) is 14.3 Å². The number of ether oxygens (including phenoxy) is 1. The summed E-state index contributed by atoms with van der Waals surface area (Å²) < 4.78 is 4.70. The van der Waals surface area contributed by atoms with Crippen LogP contribution >= 0.6 is 0 Å². The summed E-state index contributed by atoms with van der Waals surface area (Å²) >= 11 is 0. The lowest BCUT2D eigenvalue weighted by Gasteiger charge is -2.34. The van der Waals surface area contributed by atoms with Crippen LogP contribution in [0.2, 0.25) is 0 Å². The van der Waals surface area contributed by atoms with Crippen molar-refractivity contribution < 1.29 is 14.3 Å². The summed E-state index contributed by atoms with van der Waals surface area (Å²) in [5.74, 6) is 0.190. The number of nitrogens with one attached hydrogen (secondary N) is 1. The molecule has 122 valence electrons. The highest BCUT2D eigenvalue weighted by Gasteiger charge is 2.31. The minimum Gasteiger partial charge on any atom is -0.469 e. The van der Waals surface area contributed by atoms with Crippen LogP contribution in [0.3, 0.4) is 0 Å². The number of methoxy groups -OCH3 is 1. The van der Waals surface area contributed by atoms with E-state index in [9.17, 15) is 9.59 Å². The molecule has 0 bridgehead atoms. The van der Waals surface area contributed by atoms with Crippen molar-refractivity contribution in [2.75, 3.05) is 20.2 Å².